The van der Waals surface area contributed by atoms with E-state index in [1.165, 1.54) is 61.3 Å². The monoisotopic (exact) mass is 944 g/mol. The molecule has 8 heteroatoms. The number of nitrogens with zero attached hydrogens (tertiary/aromatic N) is 3. The highest BCUT2D eigenvalue weighted by molar-refractivity contribution is 5.96. The predicted octanol–water partition coefficient (Wildman–Crippen LogP) is 11.9. The number of nitrogens with one attached hydrogen (secondary N) is 3. The fourth-order valence-electron chi connectivity index (χ4n) is 15.0. The highest BCUT2D eigenvalue weighted by atomic mass is 16.5. The standard InChI is InChI=1S/C64H60N6O2/c65-37-42-35-47(64-67-62(40-17-5-2-6-18-40)66-63(68-64)41-29-27-39(28-30-41)38-15-3-1-4-16-38)53(70-49-24-12-8-20-44(49)59-51(70)32-34-57-61(59)46-22-10-14-26-55(46)72-57)36-52(42)69-48-23-11-7-19-43(48)58-50(69)31-33-56-60(58)45-21-9-13-25-54(45)71-56/h1-9,11-15,17-21,23-27,29,32,34-35,38,42-44,46,48-49,52-53,55,62-64,66-68H,10,16,22,28,30-31,33,36H2. The maximum absolute atomic E-state index is 11.7. The van der Waals surface area contributed by atoms with Crippen LogP contribution in [0.25, 0.3) is 16.5 Å². The van der Waals surface area contributed by atoms with Crippen molar-refractivity contribution in [1.82, 2.24) is 20.9 Å². The first-order chi connectivity index (χ1) is 35.7. The number of aryl methyl sites for hydroxylation is 1. The van der Waals surface area contributed by atoms with E-state index >= 15 is 0 Å². The Labute approximate surface area is 422 Å². The fourth-order valence-corrected chi connectivity index (χ4v) is 15.0. The summed E-state index contributed by atoms with van der Waals surface area (Å²) in [6.45, 7) is 0. The topological polar surface area (TPSA) is 88.7 Å². The van der Waals surface area contributed by atoms with Crippen molar-refractivity contribution in [2.75, 3.05) is 4.90 Å². The van der Waals surface area contributed by atoms with Crippen LogP contribution in [-0.4, -0.2) is 47.5 Å². The van der Waals surface area contributed by atoms with Crippen molar-refractivity contribution in [3.05, 3.63) is 220 Å². The number of rotatable bonds is 6. The van der Waals surface area contributed by atoms with Crippen LogP contribution in [0.4, 0.5) is 5.69 Å². The lowest BCUT2D eigenvalue weighted by molar-refractivity contribution is 0.159. The molecule has 0 saturated carbocycles. The Balaban J connectivity index is 0.883. The zero-order valence-electron chi connectivity index (χ0n) is 40.5. The SMILES string of the molecule is N#CC1C=C(C2NC(C3=CC=C(C4C=CC=CC4)CC3)NC(c3ccccc3)N2)C(N2c3ccc4c(c3C3C=CC=CC32)C2CCC=CC2O4)CC1N1C2=C(c3c(oc4ccccc34)CC2)C2C=CC=CC21. The van der Waals surface area contributed by atoms with E-state index in [1.54, 1.807) is 0 Å². The molecule has 1 fully saturated rings. The second-order valence-corrected chi connectivity index (χ2v) is 21.7. The van der Waals surface area contributed by atoms with Gasteiger partial charge in [0.1, 0.15) is 23.2 Å². The van der Waals surface area contributed by atoms with E-state index in [2.05, 4.69) is 202 Å². The van der Waals surface area contributed by atoms with E-state index in [9.17, 15) is 5.26 Å². The Kier molecular flexibility index (Phi) is 10.2. The van der Waals surface area contributed by atoms with E-state index in [0.29, 0.717) is 11.8 Å². The second kappa shape index (κ2) is 17.1. The summed E-state index contributed by atoms with van der Waals surface area (Å²) in [5.41, 5.74) is 14.5. The Morgan fingerprint density at radius 3 is 2.29 bits per heavy atom. The van der Waals surface area contributed by atoms with Gasteiger partial charge in [0.15, 0.2) is 0 Å². The van der Waals surface area contributed by atoms with Gasteiger partial charge in [0.2, 0.25) is 0 Å². The van der Waals surface area contributed by atoms with Crippen LogP contribution in [-0.2, 0) is 6.42 Å². The van der Waals surface area contributed by atoms with Crippen LogP contribution < -0.4 is 25.6 Å². The molecule has 358 valence electrons. The van der Waals surface area contributed by atoms with Crippen LogP contribution in [0.2, 0.25) is 0 Å². The first-order valence-electron chi connectivity index (χ1n) is 26.8. The van der Waals surface area contributed by atoms with Gasteiger partial charge < -0.3 is 19.0 Å². The number of fused-ring (bicyclic) bond motifs is 13. The molecule has 13 unspecified atom stereocenters. The summed E-state index contributed by atoms with van der Waals surface area (Å²) >= 11 is 0. The van der Waals surface area contributed by atoms with Crippen LogP contribution in [0.5, 0.6) is 5.75 Å². The van der Waals surface area contributed by atoms with Gasteiger partial charge in [-0.05, 0) is 97.1 Å². The normalized spacial score (nSPS) is 34.3. The van der Waals surface area contributed by atoms with E-state index < -0.39 is 0 Å². The number of ether oxygens (including phenoxy) is 1. The minimum atomic E-state index is -0.363. The van der Waals surface area contributed by atoms with Crippen molar-refractivity contribution in [2.24, 2.45) is 17.8 Å². The van der Waals surface area contributed by atoms with Crippen LogP contribution in [0.1, 0.15) is 91.0 Å². The molecule has 7 aliphatic carbocycles. The summed E-state index contributed by atoms with van der Waals surface area (Å²) in [6, 6.07) is 27.1. The molecule has 13 atom stereocenters. The van der Waals surface area contributed by atoms with Crippen molar-refractivity contribution in [3.8, 4) is 11.8 Å². The maximum atomic E-state index is 11.7. The molecule has 4 aromatic rings. The third-order valence-electron chi connectivity index (χ3n) is 18.2. The maximum Gasteiger partial charge on any atom is 0.134 e. The third-order valence-corrected chi connectivity index (χ3v) is 18.2. The van der Waals surface area contributed by atoms with Crippen molar-refractivity contribution >= 4 is 22.2 Å². The van der Waals surface area contributed by atoms with E-state index in [1.807, 2.05) is 0 Å². The molecule has 1 saturated heterocycles. The van der Waals surface area contributed by atoms with Gasteiger partial charge in [-0.1, -0.05) is 151 Å². The average molecular weight is 945 g/mol. The van der Waals surface area contributed by atoms with Crippen molar-refractivity contribution in [2.45, 2.75) is 112 Å². The van der Waals surface area contributed by atoms with Gasteiger partial charge in [-0.15, -0.1) is 0 Å². The second-order valence-electron chi connectivity index (χ2n) is 21.7. The molecule has 15 rings (SSSR count). The van der Waals surface area contributed by atoms with E-state index in [4.69, 9.17) is 9.15 Å². The number of hydrogen-bond acceptors (Lipinski definition) is 8. The molecule has 0 amide bonds. The number of nitriles is 1. The Morgan fingerprint density at radius 1 is 0.667 bits per heavy atom. The van der Waals surface area contributed by atoms with Gasteiger partial charge in [0.05, 0.1) is 54.7 Å². The first kappa shape index (κ1) is 42.8. The third kappa shape index (κ3) is 6.67. The first-order valence-corrected chi connectivity index (χ1v) is 26.8. The van der Waals surface area contributed by atoms with Crippen LogP contribution in [0.3, 0.4) is 0 Å². The van der Waals surface area contributed by atoms with Gasteiger partial charge in [0.25, 0.3) is 0 Å². The molecule has 0 spiro atoms. The van der Waals surface area contributed by atoms with E-state index in [-0.39, 0.29) is 66.5 Å². The molecule has 4 aliphatic heterocycles. The summed E-state index contributed by atoms with van der Waals surface area (Å²) in [7, 11) is 0. The number of benzene rings is 3. The molecule has 3 aromatic carbocycles. The van der Waals surface area contributed by atoms with Gasteiger partial charge in [-0.2, -0.15) is 5.26 Å². The molecule has 0 radical (unpaired) electrons. The van der Waals surface area contributed by atoms with Crippen LogP contribution in [0, 0.1) is 29.1 Å². The van der Waals surface area contributed by atoms with Gasteiger partial charge in [-0.3, -0.25) is 16.0 Å². The minimum absolute atomic E-state index is 0.0508. The van der Waals surface area contributed by atoms with Crippen molar-refractivity contribution in [3.63, 3.8) is 0 Å². The van der Waals surface area contributed by atoms with Crippen molar-refractivity contribution in [1.29, 1.82) is 5.26 Å². The highest BCUT2D eigenvalue weighted by Crippen LogP contribution is 2.58. The van der Waals surface area contributed by atoms with Crippen LogP contribution in [0.15, 0.2) is 197 Å². The Morgan fingerprint density at radius 2 is 1.44 bits per heavy atom. The Bertz CT molecular complexity index is 3290. The molecule has 1 aromatic heterocycles. The fraction of sp³-hybridized carbons (Fsp3) is 0.328. The lowest BCUT2D eigenvalue weighted by atomic mass is 9.78. The number of allylic oxidation sites excluding steroid dienone is 13. The summed E-state index contributed by atoms with van der Waals surface area (Å²) < 4.78 is 13.4. The van der Waals surface area contributed by atoms with Gasteiger partial charge in [0, 0.05) is 58.0 Å². The predicted molar refractivity (Wildman–Crippen MR) is 285 cm³/mol. The number of para-hydroxylation sites is 1. The molecule has 72 heavy (non-hydrogen) atoms. The molecule has 8 nitrogen and oxygen atoms in total. The Hall–Kier alpha value is -6.89. The van der Waals surface area contributed by atoms with Gasteiger partial charge in [-0.25, -0.2) is 0 Å². The number of hydrogen-bond donors (Lipinski definition) is 3. The molecule has 3 N–H and O–H groups in total. The summed E-state index contributed by atoms with van der Waals surface area (Å²) in [5.74, 6) is 2.94. The largest absolute Gasteiger partial charge is 0.485 e. The summed E-state index contributed by atoms with van der Waals surface area (Å²) in [6.07, 6.45) is 46.9. The zero-order valence-corrected chi connectivity index (χ0v) is 40.5. The summed E-state index contributed by atoms with van der Waals surface area (Å²) in [5, 5.41) is 25.3. The highest BCUT2D eigenvalue weighted by Gasteiger charge is 2.53. The zero-order chi connectivity index (χ0) is 47.4. The number of anilines is 1. The minimum Gasteiger partial charge on any atom is -0.485 e. The molecule has 11 aliphatic rings. The molecule has 0 bridgehead atoms. The summed E-state index contributed by atoms with van der Waals surface area (Å²) in [4.78, 5) is 5.52. The molecular weight excluding hydrogens is 885 g/mol. The van der Waals surface area contributed by atoms with Crippen molar-refractivity contribution < 1.29 is 9.15 Å². The van der Waals surface area contributed by atoms with E-state index in [0.717, 1.165) is 68.5 Å². The quantitative estimate of drug-likeness (QED) is 0.165. The lowest BCUT2D eigenvalue weighted by Gasteiger charge is -2.50. The average Bonchev–Trinajstić information content (AvgIpc) is 4.21. The number of furan rings is 1. The van der Waals surface area contributed by atoms with Crippen LogP contribution >= 0.6 is 0 Å². The molecule has 5 heterocycles. The smallest absolute Gasteiger partial charge is 0.134 e. The lowest BCUT2D eigenvalue weighted by Crippen LogP contribution is -2.67. The van der Waals surface area contributed by atoms with Gasteiger partial charge >= 0.3 is 0 Å². The molecular formula is C64H60N6O2.